The minimum atomic E-state index is 0.0448. The van der Waals surface area contributed by atoms with Gasteiger partial charge in [-0.2, -0.15) is 0 Å². The first-order valence-corrected chi connectivity index (χ1v) is 9.72. The maximum atomic E-state index is 12.7. The van der Waals surface area contributed by atoms with E-state index in [-0.39, 0.29) is 17.6 Å². The van der Waals surface area contributed by atoms with Gasteiger partial charge in [-0.15, -0.1) is 10.2 Å². The molecule has 0 saturated carbocycles. The van der Waals surface area contributed by atoms with Crippen LogP contribution in [0.15, 0.2) is 46.0 Å². The van der Waals surface area contributed by atoms with Crippen molar-refractivity contribution in [1.29, 1.82) is 0 Å². The number of hydrogen-bond acceptors (Lipinski definition) is 6. The van der Waals surface area contributed by atoms with Crippen molar-refractivity contribution in [2.75, 3.05) is 19.5 Å². The van der Waals surface area contributed by atoms with Crippen molar-refractivity contribution in [3.8, 4) is 11.5 Å². The highest BCUT2D eigenvalue weighted by molar-refractivity contribution is 7.99. The van der Waals surface area contributed by atoms with E-state index in [1.165, 1.54) is 11.8 Å². The quantitative estimate of drug-likeness (QED) is 0.424. The number of ketones is 1. The van der Waals surface area contributed by atoms with Crippen LogP contribution in [-0.2, 0) is 4.74 Å². The summed E-state index contributed by atoms with van der Waals surface area (Å²) in [6, 6.07) is 11.7. The van der Waals surface area contributed by atoms with Gasteiger partial charge in [-0.3, -0.25) is 4.79 Å². The van der Waals surface area contributed by atoms with Crippen molar-refractivity contribution >= 4 is 17.5 Å². The van der Waals surface area contributed by atoms with Crippen molar-refractivity contribution < 1.29 is 13.9 Å². The van der Waals surface area contributed by atoms with E-state index >= 15 is 0 Å². The lowest BCUT2D eigenvalue weighted by molar-refractivity contribution is 0.102. The average molecular weight is 385 g/mol. The van der Waals surface area contributed by atoms with Crippen LogP contribution in [0.25, 0.3) is 11.5 Å². The summed E-state index contributed by atoms with van der Waals surface area (Å²) >= 11 is 1.26. The molecular weight excluding hydrogens is 362 g/mol. The van der Waals surface area contributed by atoms with E-state index in [1.54, 1.807) is 7.11 Å². The Kier molecular flexibility index (Phi) is 6.13. The molecular formula is C20H23N3O3S. The van der Waals surface area contributed by atoms with E-state index in [1.807, 2.05) is 50.2 Å². The first-order valence-electron chi connectivity index (χ1n) is 8.73. The summed E-state index contributed by atoms with van der Waals surface area (Å²) in [6.45, 7) is 6.66. The van der Waals surface area contributed by atoms with Gasteiger partial charge in [0, 0.05) is 29.6 Å². The lowest BCUT2D eigenvalue weighted by Crippen LogP contribution is -2.14. The third kappa shape index (κ3) is 4.31. The Labute approximate surface area is 162 Å². The molecule has 0 amide bonds. The highest BCUT2D eigenvalue weighted by Gasteiger charge is 2.20. The molecule has 0 aliphatic rings. The Morgan fingerprint density at radius 3 is 2.70 bits per heavy atom. The maximum Gasteiger partial charge on any atom is 0.277 e. The summed E-state index contributed by atoms with van der Waals surface area (Å²) in [6.07, 6.45) is 0. The van der Waals surface area contributed by atoms with E-state index in [0.717, 1.165) is 22.5 Å². The largest absolute Gasteiger partial charge is 0.411 e. The molecule has 3 rings (SSSR count). The predicted octanol–water partition coefficient (Wildman–Crippen LogP) is 4.34. The predicted molar refractivity (Wildman–Crippen MR) is 105 cm³/mol. The molecule has 1 unspecified atom stereocenters. The first kappa shape index (κ1) is 19.4. The fourth-order valence-corrected chi connectivity index (χ4v) is 3.87. The number of ether oxygens (including phenoxy) is 1. The van der Waals surface area contributed by atoms with Gasteiger partial charge in [0.25, 0.3) is 5.22 Å². The van der Waals surface area contributed by atoms with Crippen LogP contribution in [0.5, 0.6) is 0 Å². The summed E-state index contributed by atoms with van der Waals surface area (Å²) in [7, 11) is 1.68. The smallest absolute Gasteiger partial charge is 0.277 e. The second-order valence-corrected chi connectivity index (χ2v) is 7.34. The number of benzene rings is 1. The van der Waals surface area contributed by atoms with Crippen LogP contribution >= 0.6 is 11.8 Å². The zero-order valence-corrected chi connectivity index (χ0v) is 16.7. The number of hydrogen-bond donors (Lipinski definition) is 0. The zero-order chi connectivity index (χ0) is 19.4. The standard InChI is InChI=1S/C20H23N3O3S/c1-13-10-17(15(3)23(13)14(2)11-25-4)18(24)12-27-20-22-21-19(26-20)16-8-6-5-7-9-16/h5-10,14H,11-12H2,1-4H3. The number of methoxy groups -OCH3 is 1. The molecule has 0 aliphatic carbocycles. The third-order valence-corrected chi connectivity index (χ3v) is 5.21. The summed E-state index contributed by atoms with van der Waals surface area (Å²) in [5, 5.41) is 8.47. The second kappa shape index (κ2) is 8.54. The van der Waals surface area contributed by atoms with Crippen LogP contribution in [0.1, 0.15) is 34.7 Å². The highest BCUT2D eigenvalue weighted by atomic mass is 32.2. The van der Waals surface area contributed by atoms with Gasteiger partial charge >= 0.3 is 0 Å². The Balaban J connectivity index is 1.68. The van der Waals surface area contributed by atoms with Crippen LogP contribution in [0, 0.1) is 13.8 Å². The molecule has 0 radical (unpaired) electrons. The molecule has 0 N–H and O–H groups in total. The maximum absolute atomic E-state index is 12.7. The Morgan fingerprint density at radius 2 is 2.00 bits per heavy atom. The van der Waals surface area contributed by atoms with Gasteiger partial charge in [0.2, 0.25) is 5.89 Å². The number of Topliss-reactive ketones (excluding diaryl/α,β-unsaturated/α-hetero) is 1. The molecule has 3 aromatic rings. The monoisotopic (exact) mass is 385 g/mol. The second-order valence-electron chi connectivity index (χ2n) is 6.41. The van der Waals surface area contributed by atoms with Gasteiger partial charge in [-0.1, -0.05) is 30.0 Å². The number of aryl methyl sites for hydroxylation is 1. The van der Waals surface area contributed by atoms with E-state index in [9.17, 15) is 4.79 Å². The van der Waals surface area contributed by atoms with Gasteiger partial charge in [0.1, 0.15) is 0 Å². The number of thioether (sulfide) groups is 1. The molecule has 0 saturated heterocycles. The molecule has 7 heteroatoms. The van der Waals surface area contributed by atoms with Crippen molar-refractivity contribution in [3.63, 3.8) is 0 Å². The highest BCUT2D eigenvalue weighted by Crippen LogP contribution is 2.26. The first-order chi connectivity index (χ1) is 13.0. The Bertz CT molecular complexity index is 918. The SMILES string of the molecule is COCC(C)n1c(C)cc(C(=O)CSc2nnc(-c3ccccc3)o2)c1C. The molecule has 2 heterocycles. The van der Waals surface area contributed by atoms with Crippen LogP contribution < -0.4 is 0 Å². The fraction of sp³-hybridized carbons (Fsp3) is 0.350. The van der Waals surface area contributed by atoms with E-state index < -0.39 is 0 Å². The fourth-order valence-electron chi connectivity index (χ4n) is 3.22. The van der Waals surface area contributed by atoms with Crippen LogP contribution in [0.4, 0.5) is 0 Å². The normalized spacial score (nSPS) is 12.3. The summed E-state index contributed by atoms with van der Waals surface area (Å²) in [5.74, 6) is 0.750. The molecule has 0 bridgehead atoms. The molecule has 142 valence electrons. The molecule has 0 aliphatic heterocycles. The van der Waals surface area contributed by atoms with Crippen molar-refractivity contribution in [3.05, 3.63) is 53.3 Å². The molecule has 0 spiro atoms. The van der Waals surface area contributed by atoms with E-state index in [4.69, 9.17) is 9.15 Å². The summed E-state index contributed by atoms with van der Waals surface area (Å²) in [4.78, 5) is 12.7. The van der Waals surface area contributed by atoms with Gasteiger partial charge < -0.3 is 13.7 Å². The molecule has 2 aromatic heterocycles. The van der Waals surface area contributed by atoms with Gasteiger partial charge in [0.05, 0.1) is 18.4 Å². The molecule has 6 nitrogen and oxygen atoms in total. The number of carbonyl (C=O) groups excluding carboxylic acids is 1. The van der Waals surface area contributed by atoms with Gasteiger partial charge in [-0.25, -0.2) is 0 Å². The Morgan fingerprint density at radius 1 is 1.26 bits per heavy atom. The van der Waals surface area contributed by atoms with Crippen LogP contribution in [-0.4, -0.2) is 40.0 Å². The summed E-state index contributed by atoms with van der Waals surface area (Å²) in [5.41, 5.74) is 3.59. The van der Waals surface area contributed by atoms with E-state index in [0.29, 0.717) is 17.7 Å². The van der Waals surface area contributed by atoms with Crippen LogP contribution in [0.3, 0.4) is 0 Å². The number of nitrogens with zero attached hydrogens (tertiary/aromatic N) is 3. The lowest BCUT2D eigenvalue weighted by Gasteiger charge is -2.17. The molecule has 1 aromatic carbocycles. The average Bonchev–Trinajstić information content (AvgIpc) is 3.25. The summed E-state index contributed by atoms with van der Waals surface area (Å²) < 4.78 is 13.0. The topological polar surface area (TPSA) is 70.2 Å². The van der Waals surface area contributed by atoms with Crippen molar-refractivity contribution in [1.82, 2.24) is 14.8 Å². The van der Waals surface area contributed by atoms with Gasteiger partial charge in [0.15, 0.2) is 5.78 Å². The van der Waals surface area contributed by atoms with Crippen LogP contribution in [0.2, 0.25) is 0 Å². The lowest BCUT2D eigenvalue weighted by atomic mass is 10.2. The zero-order valence-electron chi connectivity index (χ0n) is 15.9. The number of rotatable bonds is 8. The molecule has 0 fully saturated rings. The minimum Gasteiger partial charge on any atom is -0.411 e. The number of carbonyl (C=O) groups is 1. The van der Waals surface area contributed by atoms with Crippen molar-refractivity contribution in [2.24, 2.45) is 0 Å². The number of aromatic nitrogens is 3. The molecule has 1 atom stereocenters. The van der Waals surface area contributed by atoms with Gasteiger partial charge in [-0.05, 0) is 39.0 Å². The van der Waals surface area contributed by atoms with E-state index in [2.05, 4.69) is 21.7 Å². The Hall–Kier alpha value is -2.38. The van der Waals surface area contributed by atoms with Crippen molar-refractivity contribution in [2.45, 2.75) is 32.0 Å². The minimum absolute atomic E-state index is 0.0448. The third-order valence-electron chi connectivity index (χ3n) is 4.39. The molecule has 27 heavy (non-hydrogen) atoms.